The van der Waals surface area contributed by atoms with Gasteiger partial charge in [-0.3, -0.25) is 4.79 Å². The average molecular weight is 491 g/mol. The summed E-state index contributed by atoms with van der Waals surface area (Å²) < 4.78 is 37.4. The Kier molecular flexibility index (Phi) is 6.96. The highest BCUT2D eigenvalue weighted by Crippen LogP contribution is 2.26. The molecule has 0 atom stereocenters. The van der Waals surface area contributed by atoms with E-state index in [-0.39, 0.29) is 42.2 Å². The van der Waals surface area contributed by atoms with Crippen molar-refractivity contribution >= 4 is 27.5 Å². The molecule has 174 valence electrons. The highest BCUT2D eigenvalue weighted by Gasteiger charge is 2.32. The average Bonchev–Trinajstić information content (AvgIpc) is 3.31. The Balaban J connectivity index is 1.30. The van der Waals surface area contributed by atoms with Crippen molar-refractivity contribution in [2.75, 3.05) is 20.2 Å². The Bertz CT molecular complexity index is 1220. The number of piperidine rings is 1. The lowest BCUT2D eigenvalue weighted by Gasteiger charge is -2.30. The molecule has 1 aliphatic heterocycles. The maximum absolute atomic E-state index is 12.9. The van der Waals surface area contributed by atoms with E-state index in [4.69, 9.17) is 20.9 Å². The van der Waals surface area contributed by atoms with Crippen molar-refractivity contribution in [1.29, 1.82) is 0 Å². The fourth-order valence-electron chi connectivity index (χ4n) is 3.64. The van der Waals surface area contributed by atoms with Crippen LogP contribution < -0.4 is 10.1 Å². The predicted octanol–water partition coefficient (Wildman–Crippen LogP) is 3.12. The van der Waals surface area contributed by atoms with Gasteiger partial charge in [0.15, 0.2) is 0 Å². The molecule has 1 fully saturated rings. The van der Waals surface area contributed by atoms with E-state index in [9.17, 15) is 13.2 Å². The molecule has 2 heterocycles. The van der Waals surface area contributed by atoms with Crippen molar-refractivity contribution in [3.63, 3.8) is 0 Å². The molecule has 1 N–H and O–H groups in total. The Morgan fingerprint density at radius 1 is 1.18 bits per heavy atom. The number of nitrogens with one attached hydrogen (secondary N) is 1. The van der Waals surface area contributed by atoms with Gasteiger partial charge in [0.05, 0.1) is 23.6 Å². The SMILES string of the molecule is COc1ccc(S(=O)(=O)N2CCC(C(=O)NCc3nc(-c4ccccc4Cl)no3)CC2)cc1. The molecule has 0 radical (unpaired) electrons. The number of ether oxygens (including phenoxy) is 1. The van der Waals surface area contributed by atoms with E-state index in [2.05, 4.69) is 15.5 Å². The third kappa shape index (κ3) is 5.18. The van der Waals surface area contributed by atoms with E-state index in [0.717, 1.165) is 0 Å². The fraction of sp³-hybridized carbons (Fsp3) is 0.318. The summed E-state index contributed by atoms with van der Waals surface area (Å²) in [5.74, 6) is 0.733. The molecule has 1 amide bonds. The third-order valence-corrected chi connectivity index (χ3v) is 7.76. The van der Waals surface area contributed by atoms with Gasteiger partial charge in [0, 0.05) is 24.6 Å². The number of hydrogen-bond donors (Lipinski definition) is 1. The molecular formula is C22H23ClN4O5S. The standard InChI is InChI=1S/C22H23ClN4O5S/c1-31-16-6-8-17(9-7-16)33(29,30)27-12-10-15(11-13-27)22(28)24-14-20-25-21(26-32-20)18-4-2-3-5-19(18)23/h2-9,15H,10-14H2,1H3,(H,24,28). The van der Waals surface area contributed by atoms with Crippen LogP contribution in [0.5, 0.6) is 5.75 Å². The number of amides is 1. The van der Waals surface area contributed by atoms with Crippen LogP contribution in [0.2, 0.25) is 5.02 Å². The van der Waals surface area contributed by atoms with Crippen LogP contribution in [-0.2, 0) is 21.4 Å². The minimum absolute atomic E-state index is 0.0840. The molecule has 11 heteroatoms. The van der Waals surface area contributed by atoms with Gasteiger partial charge < -0.3 is 14.6 Å². The first-order chi connectivity index (χ1) is 15.9. The van der Waals surface area contributed by atoms with Crippen LogP contribution in [-0.4, -0.2) is 49.0 Å². The lowest BCUT2D eigenvalue weighted by Crippen LogP contribution is -2.42. The van der Waals surface area contributed by atoms with Crippen LogP contribution in [0.4, 0.5) is 0 Å². The zero-order valence-corrected chi connectivity index (χ0v) is 19.5. The summed E-state index contributed by atoms with van der Waals surface area (Å²) in [5, 5.41) is 7.21. The van der Waals surface area contributed by atoms with Gasteiger partial charge in [-0.15, -0.1) is 0 Å². The topological polar surface area (TPSA) is 115 Å². The Morgan fingerprint density at radius 3 is 2.55 bits per heavy atom. The smallest absolute Gasteiger partial charge is 0.246 e. The van der Waals surface area contributed by atoms with E-state index in [1.165, 1.54) is 23.5 Å². The number of carbonyl (C=O) groups is 1. The minimum Gasteiger partial charge on any atom is -0.497 e. The molecule has 1 aromatic heterocycles. The van der Waals surface area contributed by atoms with Crippen LogP contribution in [0.1, 0.15) is 18.7 Å². The lowest BCUT2D eigenvalue weighted by molar-refractivity contribution is -0.126. The van der Waals surface area contributed by atoms with E-state index < -0.39 is 10.0 Å². The Labute approximate surface area is 196 Å². The van der Waals surface area contributed by atoms with Crippen LogP contribution in [0.3, 0.4) is 0 Å². The number of carbonyl (C=O) groups excluding carboxylic acids is 1. The van der Waals surface area contributed by atoms with Crippen LogP contribution in [0, 0.1) is 5.92 Å². The van der Waals surface area contributed by atoms with Gasteiger partial charge >= 0.3 is 0 Å². The molecule has 0 saturated carbocycles. The molecule has 0 aliphatic carbocycles. The lowest BCUT2D eigenvalue weighted by atomic mass is 9.97. The highest BCUT2D eigenvalue weighted by atomic mass is 35.5. The molecule has 9 nitrogen and oxygen atoms in total. The normalized spacial score (nSPS) is 15.3. The summed E-state index contributed by atoms with van der Waals surface area (Å²) in [6, 6.07) is 13.4. The highest BCUT2D eigenvalue weighted by molar-refractivity contribution is 7.89. The number of hydrogen-bond acceptors (Lipinski definition) is 7. The van der Waals surface area contributed by atoms with Gasteiger partial charge in [0.2, 0.25) is 27.6 Å². The first-order valence-electron chi connectivity index (χ1n) is 10.4. The second-order valence-electron chi connectivity index (χ2n) is 7.56. The number of halogens is 1. The van der Waals surface area contributed by atoms with Crippen molar-refractivity contribution in [3.8, 4) is 17.1 Å². The zero-order chi connectivity index (χ0) is 23.4. The number of aromatic nitrogens is 2. The second-order valence-corrected chi connectivity index (χ2v) is 9.91. The molecule has 33 heavy (non-hydrogen) atoms. The van der Waals surface area contributed by atoms with Gasteiger partial charge in [0.25, 0.3) is 0 Å². The van der Waals surface area contributed by atoms with E-state index >= 15 is 0 Å². The maximum atomic E-state index is 12.9. The molecule has 2 aromatic carbocycles. The second kappa shape index (κ2) is 9.90. The number of nitrogens with zero attached hydrogens (tertiary/aromatic N) is 3. The number of rotatable bonds is 7. The Morgan fingerprint density at radius 2 is 1.88 bits per heavy atom. The van der Waals surface area contributed by atoms with Gasteiger partial charge in [-0.05, 0) is 49.2 Å². The van der Waals surface area contributed by atoms with E-state index in [0.29, 0.717) is 35.0 Å². The zero-order valence-electron chi connectivity index (χ0n) is 17.9. The quantitative estimate of drug-likeness (QED) is 0.541. The van der Waals surface area contributed by atoms with E-state index in [1.807, 2.05) is 6.07 Å². The van der Waals surface area contributed by atoms with Gasteiger partial charge in [0.1, 0.15) is 5.75 Å². The summed E-state index contributed by atoms with van der Waals surface area (Å²) in [5.41, 5.74) is 0.644. The summed E-state index contributed by atoms with van der Waals surface area (Å²) in [6.45, 7) is 0.619. The number of sulfonamides is 1. The fourth-order valence-corrected chi connectivity index (χ4v) is 5.33. The molecule has 0 unspecified atom stereocenters. The maximum Gasteiger partial charge on any atom is 0.246 e. The van der Waals surface area contributed by atoms with Crippen LogP contribution >= 0.6 is 11.6 Å². The molecule has 0 spiro atoms. The molecule has 1 saturated heterocycles. The molecule has 4 rings (SSSR count). The van der Waals surface area contributed by atoms with Gasteiger partial charge in [-0.25, -0.2) is 8.42 Å². The predicted molar refractivity (Wildman–Crippen MR) is 121 cm³/mol. The molecule has 0 bridgehead atoms. The van der Waals surface area contributed by atoms with Crippen molar-refractivity contribution in [1.82, 2.24) is 19.8 Å². The van der Waals surface area contributed by atoms with Gasteiger partial charge in [-0.1, -0.05) is 28.9 Å². The Hall–Kier alpha value is -2.95. The number of benzene rings is 2. The van der Waals surface area contributed by atoms with Crippen molar-refractivity contribution in [2.45, 2.75) is 24.3 Å². The summed E-state index contributed by atoms with van der Waals surface area (Å²) >= 11 is 6.15. The largest absolute Gasteiger partial charge is 0.497 e. The summed E-state index contributed by atoms with van der Waals surface area (Å²) in [4.78, 5) is 17.1. The minimum atomic E-state index is -3.62. The molecule has 1 aliphatic rings. The monoisotopic (exact) mass is 490 g/mol. The van der Waals surface area contributed by atoms with Crippen molar-refractivity contribution in [2.24, 2.45) is 5.92 Å². The van der Waals surface area contributed by atoms with Crippen molar-refractivity contribution in [3.05, 3.63) is 59.4 Å². The number of methoxy groups -OCH3 is 1. The summed E-state index contributed by atoms with van der Waals surface area (Å²) in [7, 11) is -2.09. The van der Waals surface area contributed by atoms with Crippen molar-refractivity contribution < 1.29 is 22.5 Å². The summed E-state index contributed by atoms with van der Waals surface area (Å²) in [6.07, 6.45) is 0.853. The third-order valence-electron chi connectivity index (χ3n) is 5.52. The van der Waals surface area contributed by atoms with E-state index in [1.54, 1.807) is 30.3 Å². The van der Waals surface area contributed by atoms with Gasteiger partial charge in [-0.2, -0.15) is 9.29 Å². The first kappa shape index (κ1) is 23.2. The molecule has 3 aromatic rings. The first-order valence-corrected chi connectivity index (χ1v) is 12.2. The van der Waals surface area contributed by atoms with Crippen LogP contribution in [0.25, 0.3) is 11.4 Å². The molecular weight excluding hydrogens is 468 g/mol. The van der Waals surface area contributed by atoms with Crippen LogP contribution in [0.15, 0.2) is 57.9 Å².